The van der Waals surface area contributed by atoms with Crippen molar-refractivity contribution in [2.75, 3.05) is 0 Å². The molecule has 0 saturated carbocycles. The lowest BCUT2D eigenvalue weighted by atomic mass is 9.83. The summed E-state index contributed by atoms with van der Waals surface area (Å²) in [6.45, 7) is 0. The molecule has 0 unspecified atom stereocenters. The Morgan fingerprint density at radius 1 is 0.0743 bits per heavy atom. The lowest BCUT2D eigenvalue weighted by Crippen LogP contribution is -1.93. The van der Waals surface area contributed by atoms with Crippen LogP contribution in [0.5, 0.6) is 0 Å². The van der Waals surface area contributed by atoms with E-state index in [2.05, 4.69) is 546 Å². The van der Waals surface area contributed by atoms with Gasteiger partial charge in [-0.3, -0.25) is 0 Å². The molecule has 0 bridgehead atoms. The molecule has 1 aliphatic rings. The van der Waals surface area contributed by atoms with E-state index in [0.717, 1.165) is 0 Å². The first kappa shape index (κ1) is 84.4. The fourth-order valence-electron chi connectivity index (χ4n) is 25.3. The van der Waals surface area contributed by atoms with Gasteiger partial charge in [-0.1, -0.05) is 485 Å². The van der Waals surface area contributed by atoms with E-state index in [1.807, 2.05) is 0 Å². The molecule has 148 heavy (non-hydrogen) atoms. The summed E-state index contributed by atoms with van der Waals surface area (Å²) in [5.41, 5.74) is 27.9. The Bertz CT molecular complexity index is 11000. The van der Waals surface area contributed by atoms with Gasteiger partial charge in [-0.05, 0) is 377 Å². The molecule has 31 aromatic carbocycles. The molecule has 0 radical (unpaired) electrons. The SMILES string of the molecule is c1ccc2c(c1)-c1cccc3c(-c4ccc5c(-c6ccc7ccccc7c6)c6ccccc6c(-c6ccc7ccccc7c6)c5c4)ccc-2c13.c1ccc2cc(-c3c4ccccc4c(-c4ccc5ccccc5c4)c4cc(-c5ccc6c7cccc8cccc(c9cccc5c96)c87)ccc34)ccc2c1.c1ccc2cc(-c3ccc4c(-c5ccc6ccccc6c5)c5ccccc5c(-c5ccc6ccccc6c5)c4c3)ccc2c1. The largest absolute Gasteiger partial charge is 0.0616 e. The zero-order valence-electron chi connectivity index (χ0n) is 81.0. The normalized spacial score (nSPS) is 11.9. The molecule has 0 heteroatoms. The molecule has 32 rings (SSSR count). The molecule has 0 heterocycles. The van der Waals surface area contributed by atoms with Crippen LogP contribution in [0.3, 0.4) is 0 Å². The van der Waals surface area contributed by atoms with Gasteiger partial charge >= 0.3 is 0 Å². The molecular weight excluding hydrogens is 1780 g/mol. The first-order chi connectivity index (χ1) is 73.4. The van der Waals surface area contributed by atoms with E-state index in [4.69, 9.17) is 0 Å². The fourth-order valence-corrected chi connectivity index (χ4v) is 25.3. The number of rotatable bonds is 9. The second-order valence-corrected chi connectivity index (χ2v) is 40.1. The van der Waals surface area contributed by atoms with E-state index in [-0.39, 0.29) is 0 Å². The van der Waals surface area contributed by atoms with Crippen molar-refractivity contribution in [3.63, 3.8) is 0 Å². The van der Waals surface area contributed by atoms with E-state index in [0.29, 0.717) is 0 Å². The van der Waals surface area contributed by atoms with Crippen molar-refractivity contribution in [1.82, 2.24) is 0 Å². The number of benzene rings is 31. The van der Waals surface area contributed by atoms with E-state index < -0.39 is 0 Å². The van der Waals surface area contributed by atoms with Crippen molar-refractivity contribution >= 4 is 194 Å². The minimum atomic E-state index is 1.23. The highest BCUT2D eigenvalue weighted by molar-refractivity contribution is 6.35. The van der Waals surface area contributed by atoms with E-state index in [9.17, 15) is 0 Å². The van der Waals surface area contributed by atoms with Gasteiger partial charge in [0.05, 0.1) is 0 Å². The Kier molecular flexibility index (Phi) is 19.6. The van der Waals surface area contributed by atoms with Gasteiger partial charge < -0.3 is 0 Å². The highest BCUT2D eigenvalue weighted by Gasteiger charge is 2.28. The zero-order valence-corrected chi connectivity index (χ0v) is 81.0. The van der Waals surface area contributed by atoms with Crippen molar-refractivity contribution in [3.8, 4) is 122 Å². The number of hydrogen-bond acceptors (Lipinski definition) is 0. The third kappa shape index (κ3) is 13.8. The monoisotopic (exact) mass is 1870 g/mol. The van der Waals surface area contributed by atoms with Crippen molar-refractivity contribution in [1.29, 1.82) is 0 Å². The molecule has 0 nitrogen and oxygen atoms in total. The Balaban J connectivity index is 0.000000103. The van der Waals surface area contributed by atoms with Crippen LogP contribution < -0.4 is 0 Å². The van der Waals surface area contributed by atoms with Crippen LogP contribution in [0.1, 0.15) is 0 Å². The molecule has 0 aliphatic heterocycles. The zero-order chi connectivity index (χ0) is 97.1. The maximum Gasteiger partial charge on any atom is -0.00201 e. The van der Waals surface area contributed by atoms with Crippen molar-refractivity contribution in [2.24, 2.45) is 0 Å². The first-order valence-electron chi connectivity index (χ1n) is 51.5. The quantitative estimate of drug-likeness (QED) is 0.0998. The summed E-state index contributed by atoms with van der Waals surface area (Å²) in [4.78, 5) is 0. The standard InChI is InChI=1S/C54H32.C50H30.C44H28/c1-3-12-36-30-39(24-22-33(36)10-1)52-43-16-5-6-17-44(43)53(40-25-23-34-11-2-4-13-37(34)31-40)50-32-38(26-27-49(50)52)41-28-29-48-46-19-8-15-35-14-7-18-45(51(35)46)47-21-9-20-42(41)54(47)48;1-3-12-33-28-36(22-20-31(33)10-1)48-43-16-7-8-17-44(43)49(37-23-21-32-11-2-4-13-34(32)29-37)47-30-35(24-25-46(47)48)38-26-27-45-40-15-6-5-14-39(40)42-19-9-18-41(38)50(42)45;1-4-12-32-25-35(20-17-29(32)9-1)36-23-24-41-42(28-36)44(38-22-19-31-11-3-6-14-34(31)27-38)40-16-8-7-15-39(40)43(41)37-21-18-30-10-2-5-13-33(30)26-37/h1-32H;1-30H;1-28H. The Morgan fingerprint density at radius 2 is 0.264 bits per heavy atom. The topological polar surface area (TPSA) is 0 Å². The highest BCUT2D eigenvalue weighted by atomic mass is 14.3. The molecule has 0 fully saturated rings. The van der Waals surface area contributed by atoms with Crippen molar-refractivity contribution in [2.45, 2.75) is 0 Å². The minimum Gasteiger partial charge on any atom is -0.0616 e. The van der Waals surface area contributed by atoms with Gasteiger partial charge in [0, 0.05) is 0 Å². The van der Waals surface area contributed by atoms with Crippen LogP contribution in [0.15, 0.2) is 546 Å². The summed E-state index contributed by atoms with van der Waals surface area (Å²) in [5.74, 6) is 0. The summed E-state index contributed by atoms with van der Waals surface area (Å²) in [6, 6.07) is 203. The molecule has 0 amide bonds. The molecular formula is C148H90. The average Bonchev–Trinajstić information content (AvgIpc) is 0.842. The molecule has 0 aromatic heterocycles. The minimum absolute atomic E-state index is 1.23. The summed E-state index contributed by atoms with van der Waals surface area (Å²) in [7, 11) is 0. The van der Waals surface area contributed by atoms with Gasteiger partial charge in [0.2, 0.25) is 0 Å². The maximum atomic E-state index is 2.47. The Hall–Kier alpha value is -19.2. The van der Waals surface area contributed by atoms with Crippen molar-refractivity contribution in [3.05, 3.63) is 546 Å². The second-order valence-electron chi connectivity index (χ2n) is 40.1. The van der Waals surface area contributed by atoms with Crippen LogP contribution >= 0.6 is 0 Å². The van der Waals surface area contributed by atoms with Gasteiger partial charge in [0.15, 0.2) is 0 Å². The lowest BCUT2D eigenvalue weighted by Gasteiger charge is -2.20. The summed E-state index contributed by atoms with van der Waals surface area (Å²) in [5, 5.41) is 46.0. The van der Waals surface area contributed by atoms with Gasteiger partial charge in [-0.2, -0.15) is 0 Å². The van der Waals surface area contributed by atoms with Crippen LogP contribution in [-0.2, 0) is 0 Å². The molecule has 0 spiro atoms. The molecule has 0 N–H and O–H groups in total. The number of hydrogen-bond donors (Lipinski definition) is 0. The molecule has 682 valence electrons. The predicted octanol–water partition coefficient (Wildman–Crippen LogP) is 41.9. The molecule has 0 saturated heterocycles. The number of fused-ring (bicyclic) bond motifs is 18. The lowest BCUT2D eigenvalue weighted by molar-refractivity contribution is 1.66. The molecule has 31 aromatic rings. The summed E-state index contributed by atoms with van der Waals surface area (Å²) < 4.78 is 0. The Morgan fingerprint density at radius 3 is 0.615 bits per heavy atom. The van der Waals surface area contributed by atoms with E-state index >= 15 is 0 Å². The predicted molar refractivity (Wildman–Crippen MR) is 639 cm³/mol. The Labute approximate surface area is 855 Å². The van der Waals surface area contributed by atoms with Crippen LogP contribution in [0.2, 0.25) is 0 Å². The van der Waals surface area contributed by atoms with Gasteiger partial charge in [0.25, 0.3) is 0 Å². The third-order valence-corrected chi connectivity index (χ3v) is 32.1. The highest BCUT2D eigenvalue weighted by Crippen LogP contribution is 2.55. The van der Waals surface area contributed by atoms with Crippen molar-refractivity contribution < 1.29 is 0 Å². The smallest absolute Gasteiger partial charge is 0.00201 e. The van der Waals surface area contributed by atoms with E-state index in [1.54, 1.807) is 0 Å². The van der Waals surface area contributed by atoms with Gasteiger partial charge in [-0.15, -0.1) is 0 Å². The van der Waals surface area contributed by atoms with E-state index in [1.165, 1.54) is 316 Å². The van der Waals surface area contributed by atoms with Gasteiger partial charge in [-0.25, -0.2) is 0 Å². The third-order valence-electron chi connectivity index (χ3n) is 32.1. The molecule has 0 atom stereocenters. The van der Waals surface area contributed by atoms with Crippen LogP contribution in [-0.4, -0.2) is 0 Å². The fraction of sp³-hybridized carbons (Fsp3) is 0. The van der Waals surface area contributed by atoms with Gasteiger partial charge in [0.1, 0.15) is 0 Å². The van der Waals surface area contributed by atoms with Crippen LogP contribution in [0.4, 0.5) is 0 Å². The second kappa shape index (κ2) is 34.3. The first-order valence-corrected chi connectivity index (χ1v) is 51.5. The average molecular weight is 1870 g/mol. The molecule has 1 aliphatic carbocycles. The van der Waals surface area contributed by atoms with Crippen LogP contribution in [0, 0.1) is 0 Å². The summed E-state index contributed by atoms with van der Waals surface area (Å²) in [6.07, 6.45) is 0. The van der Waals surface area contributed by atoms with Crippen LogP contribution in [0.25, 0.3) is 316 Å². The summed E-state index contributed by atoms with van der Waals surface area (Å²) >= 11 is 0. The maximum absolute atomic E-state index is 2.47.